The summed E-state index contributed by atoms with van der Waals surface area (Å²) in [7, 11) is 1.62. The summed E-state index contributed by atoms with van der Waals surface area (Å²) >= 11 is 1.50. The zero-order valence-corrected chi connectivity index (χ0v) is 13.2. The molecule has 0 aliphatic rings. The molecule has 114 valence electrons. The van der Waals surface area contributed by atoms with Gasteiger partial charge in [-0.15, -0.1) is 11.3 Å². The Kier molecular flexibility index (Phi) is 5.08. The summed E-state index contributed by atoms with van der Waals surface area (Å²) in [4.78, 5) is 30.3. The van der Waals surface area contributed by atoms with Crippen molar-refractivity contribution in [2.24, 2.45) is 0 Å². The molecule has 0 atom stereocenters. The minimum Gasteiger partial charge on any atom is -0.385 e. The summed E-state index contributed by atoms with van der Waals surface area (Å²) in [6, 6.07) is 0. The molecule has 2 rings (SSSR count). The third kappa shape index (κ3) is 3.48. The molecule has 0 radical (unpaired) electrons. The number of hydrogen-bond donors (Lipinski definition) is 1. The summed E-state index contributed by atoms with van der Waals surface area (Å²) in [6.07, 6.45) is 2.19. The van der Waals surface area contributed by atoms with Crippen molar-refractivity contribution >= 4 is 27.5 Å². The Bertz CT molecular complexity index is 705. The van der Waals surface area contributed by atoms with E-state index in [1.54, 1.807) is 7.11 Å². The molecule has 0 unspecified atom stereocenters. The highest BCUT2D eigenvalue weighted by Gasteiger charge is 2.13. The Morgan fingerprint density at radius 1 is 1.48 bits per heavy atom. The van der Waals surface area contributed by atoms with Crippen molar-refractivity contribution in [2.75, 3.05) is 20.3 Å². The van der Waals surface area contributed by atoms with Crippen LogP contribution in [0.4, 0.5) is 0 Å². The lowest BCUT2D eigenvalue weighted by Crippen LogP contribution is -2.33. The van der Waals surface area contributed by atoms with Crippen LogP contribution in [0.5, 0.6) is 0 Å². The Balaban J connectivity index is 2.12. The van der Waals surface area contributed by atoms with Crippen molar-refractivity contribution in [3.63, 3.8) is 0 Å². The highest BCUT2D eigenvalue weighted by atomic mass is 32.1. The molecule has 0 aliphatic heterocycles. The fourth-order valence-corrected chi connectivity index (χ4v) is 3.03. The lowest BCUT2D eigenvalue weighted by molar-refractivity contribution is -0.121. The van der Waals surface area contributed by atoms with E-state index >= 15 is 0 Å². The zero-order valence-electron chi connectivity index (χ0n) is 12.4. The maximum atomic E-state index is 12.4. The van der Waals surface area contributed by atoms with Crippen LogP contribution in [-0.2, 0) is 16.1 Å². The molecule has 7 heteroatoms. The van der Waals surface area contributed by atoms with Gasteiger partial charge in [-0.1, -0.05) is 0 Å². The van der Waals surface area contributed by atoms with E-state index in [4.69, 9.17) is 4.74 Å². The summed E-state index contributed by atoms with van der Waals surface area (Å²) in [5.74, 6) is -0.195. The quantitative estimate of drug-likeness (QED) is 0.815. The number of fused-ring (bicyclic) bond motifs is 1. The lowest BCUT2D eigenvalue weighted by atomic mass is 10.2. The summed E-state index contributed by atoms with van der Waals surface area (Å²) in [6.45, 7) is 5.00. The Morgan fingerprint density at radius 2 is 2.24 bits per heavy atom. The molecule has 0 bridgehead atoms. The van der Waals surface area contributed by atoms with Crippen LogP contribution in [0.3, 0.4) is 0 Å². The van der Waals surface area contributed by atoms with Crippen molar-refractivity contribution < 1.29 is 9.53 Å². The van der Waals surface area contributed by atoms with E-state index in [2.05, 4.69) is 10.3 Å². The van der Waals surface area contributed by atoms with Crippen molar-refractivity contribution in [1.29, 1.82) is 0 Å². The number of aromatic nitrogens is 2. The molecular weight excluding hydrogens is 290 g/mol. The van der Waals surface area contributed by atoms with E-state index in [1.807, 2.05) is 13.8 Å². The van der Waals surface area contributed by atoms with Gasteiger partial charge in [0.2, 0.25) is 5.91 Å². The van der Waals surface area contributed by atoms with E-state index in [0.29, 0.717) is 18.5 Å². The van der Waals surface area contributed by atoms with Crippen LogP contribution in [0.25, 0.3) is 10.2 Å². The predicted molar refractivity (Wildman–Crippen MR) is 82.9 cm³/mol. The highest BCUT2D eigenvalue weighted by molar-refractivity contribution is 7.18. The second-order valence-electron chi connectivity index (χ2n) is 4.84. The average Bonchev–Trinajstić information content (AvgIpc) is 2.74. The number of carbonyl (C=O) groups is 1. The van der Waals surface area contributed by atoms with Crippen molar-refractivity contribution in [3.05, 3.63) is 27.1 Å². The Morgan fingerprint density at radius 3 is 2.95 bits per heavy atom. The molecule has 1 amide bonds. The first-order valence-electron chi connectivity index (χ1n) is 6.75. The predicted octanol–water partition coefficient (Wildman–Crippen LogP) is 1.23. The van der Waals surface area contributed by atoms with E-state index in [1.165, 1.54) is 22.2 Å². The monoisotopic (exact) mass is 309 g/mol. The first-order valence-corrected chi connectivity index (χ1v) is 7.57. The third-order valence-electron chi connectivity index (χ3n) is 3.32. The van der Waals surface area contributed by atoms with Gasteiger partial charge in [-0.2, -0.15) is 0 Å². The van der Waals surface area contributed by atoms with E-state index in [0.717, 1.165) is 21.7 Å². The summed E-state index contributed by atoms with van der Waals surface area (Å²) in [5.41, 5.74) is 0.788. The number of nitrogens with one attached hydrogen (secondary N) is 1. The standard InChI is InChI=1S/C14H19N3O3S/c1-9-10(2)21-13-12(9)14(19)17(8-16-13)7-11(18)15-5-4-6-20-3/h8H,4-7H2,1-3H3,(H,15,18). The smallest absolute Gasteiger partial charge is 0.262 e. The second-order valence-corrected chi connectivity index (χ2v) is 6.04. The topological polar surface area (TPSA) is 73.2 Å². The van der Waals surface area contributed by atoms with E-state index < -0.39 is 0 Å². The number of aryl methyl sites for hydroxylation is 2. The van der Waals surface area contributed by atoms with Crippen LogP contribution >= 0.6 is 11.3 Å². The van der Waals surface area contributed by atoms with Crippen LogP contribution in [0, 0.1) is 13.8 Å². The number of ether oxygens (including phenoxy) is 1. The number of methoxy groups -OCH3 is 1. The number of carbonyl (C=O) groups excluding carboxylic acids is 1. The molecule has 2 aromatic rings. The Labute approximate surface area is 126 Å². The molecule has 2 heterocycles. The second kappa shape index (κ2) is 6.82. The minimum absolute atomic E-state index is 0.0108. The first-order chi connectivity index (χ1) is 10.0. The molecule has 0 aliphatic carbocycles. The maximum Gasteiger partial charge on any atom is 0.262 e. The van der Waals surface area contributed by atoms with Gasteiger partial charge in [0.15, 0.2) is 0 Å². The minimum atomic E-state index is -0.195. The summed E-state index contributed by atoms with van der Waals surface area (Å²) in [5, 5.41) is 3.37. The van der Waals surface area contributed by atoms with Gasteiger partial charge in [0.1, 0.15) is 11.4 Å². The molecule has 6 nitrogen and oxygen atoms in total. The van der Waals surface area contributed by atoms with Gasteiger partial charge in [0.25, 0.3) is 5.56 Å². The number of amides is 1. The molecule has 0 aromatic carbocycles. The van der Waals surface area contributed by atoms with Gasteiger partial charge in [-0.05, 0) is 25.8 Å². The van der Waals surface area contributed by atoms with Crippen LogP contribution in [0.2, 0.25) is 0 Å². The fourth-order valence-electron chi connectivity index (χ4n) is 2.04. The molecule has 0 saturated heterocycles. The van der Waals surface area contributed by atoms with Gasteiger partial charge < -0.3 is 10.1 Å². The van der Waals surface area contributed by atoms with Crippen LogP contribution in [0.1, 0.15) is 16.9 Å². The van der Waals surface area contributed by atoms with Crippen molar-refractivity contribution in [3.8, 4) is 0 Å². The van der Waals surface area contributed by atoms with Gasteiger partial charge >= 0.3 is 0 Å². The maximum absolute atomic E-state index is 12.4. The third-order valence-corrected chi connectivity index (χ3v) is 4.43. The Hall–Kier alpha value is -1.73. The normalized spacial score (nSPS) is 11.0. The zero-order chi connectivity index (χ0) is 15.4. The van der Waals surface area contributed by atoms with Gasteiger partial charge in [-0.3, -0.25) is 14.2 Å². The van der Waals surface area contributed by atoms with Crippen LogP contribution in [0.15, 0.2) is 11.1 Å². The molecule has 2 aromatic heterocycles. The number of nitrogens with zero attached hydrogens (tertiary/aromatic N) is 2. The fraction of sp³-hybridized carbons (Fsp3) is 0.500. The van der Waals surface area contributed by atoms with E-state index in [9.17, 15) is 9.59 Å². The number of thiophene rings is 1. The summed E-state index contributed by atoms with van der Waals surface area (Å²) < 4.78 is 6.26. The number of hydrogen-bond acceptors (Lipinski definition) is 5. The molecule has 1 N–H and O–H groups in total. The van der Waals surface area contributed by atoms with Gasteiger partial charge in [0, 0.05) is 25.1 Å². The molecule has 0 spiro atoms. The lowest BCUT2D eigenvalue weighted by Gasteiger charge is -2.07. The van der Waals surface area contributed by atoms with Crippen molar-refractivity contribution in [2.45, 2.75) is 26.8 Å². The van der Waals surface area contributed by atoms with Crippen LogP contribution in [-0.4, -0.2) is 35.7 Å². The van der Waals surface area contributed by atoms with Crippen molar-refractivity contribution in [1.82, 2.24) is 14.9 Å². The van der Waals surface area contributed by atoms with Gasteiger partial charge in [-0.25, -0.2) is 4.98 Å². The number of rotatable bonds is 6. The largest absolute Gasteiger partial charge is 0.385 e. The molecule has 0 fully saturated rings. The molecule has 21 heavy (non-hydrogen) atoms. The molecular formula is C14H19N3O3S. The molecule has 0 saturated carbocycles. The van der Waals surface area contributed by atoms with E-state index in [-0.39, 0.29) is 18.0 Å². The SMILES string of the molecule is COCCCNC(=O)Cn1cnc2sc(C)c(C)c2c1=O. The highest BCUT2D eigenvalue weighted by Crippen LogP contribution is 2.25. The van der Waals surface area contributed by atoms with Crippen LogP contribution < -0.4 is 10.9 Å². The van der Waals surface area contributed by atoms with Gasteiger partial charge in [0.05, 0.1) is 11.7 Å². The average molecular weight is 309 g/mol. The first kappa shape index (κ1) is 15.7.